The summed E-state index contributed by atoms with van der Waals surface area (Å²) in [5.74, 6) is 0.790. The monoisotopic (exact) mass is 270 g/mol. The summed E-state index contributed by atoms with van der Waals surface area (Å²) in [6.07, 6.45) is 0. The Labute approximate surface area is 119 Å². The van der Waals surface area contributed by atoms with Crippen LogP contribution in [-0.4, -0.2) is 12.9 Å². The molecule has 0 heterocycles. The minimum Gasteiger partial charge on any atom is -0.489 e. The lowest BCUT2D eigenvalue weighted by atomic mass is 10.1. The number of ether oxygens (including phenoxy) is 2. The van der Waals surface area contributed by atoms with Crippen molar-refractivity contribution in [1.82, 2.24) is 0 Å². The molecule has 2 aromatic carbocycles. The molecule has 0 aliphatic carbocycles. The van der Waals surface area contributed by atoms with Crippen LogP contribution in [0.15, 0.2) is 48.5 Å². The Bertz CT molecular complexity index is 576. The zero-order chi connectivity index (χ0) is 14.4. The highest BCUT2D eigenvalue weighted by Crippen LogP contribution is 2.22. The highest BCUT2D eigenvalue weighted by Gasteiger charge is 2.08. The molecule has 0 radical (unpaired) electrons. The number of methoxy groups -OCH3 is 1. The summed E-state index contributed by atoms with van der Waals surface area (Å²) in [4.78, 5) is 11.4. The average molecular weight is 270 g/mol. The Morgan fingerprint density at radius 1 is 1.05 bits per heavy atom. The predicted octanol–water partition coefficient (Wildman–Crippen LogP) is 3.61. The Hall–Kier alpha value is -2.13. The average Bonchev–Trinajstić information content (AvgIpc) is 2.47. The zero-order valence-electron chi connectivity index (χ0n) is 11.8. The van der Waals surface area contributed by atoms with Gasteiger partial charge in [0, 0.05) is 18.2 Å². The van der Waals surface area contributed by atoms with Crippen molar-refractivity contribution < 1.29 is 14.3 Å². The van der Waals surface area contributed by atoms with Gasteiger partial charge in [-0.2, -0.15) is 0 Å². The van der Waals surface area contributed by atoms with Gasteiger partial charge in [-0.15, -0.1) is 0 Å². The number of carbonyl (C=O) groups is 1. The van der Waals surface area contributed by atoms with E-state index in [-0.39, 0.29) is 5.78 Å². The third kappa shape index (κ3) is 3.68. The zero-order valence-corrected chi connectivity index (χ0v) is 11.8. The van der Waals surface area contributed by atoms with Crippen LogP contribution < -0.4 is 4.74 Å². The Balaban J connectivity index is 2.16. The van der Waals surface area contributed by atoms with Crippen molar-refractivity contribution in [3.8, 4) is 5.75 Å². The molecule has 0 atom stereocenters. The molecular formula is C17H18O3. The van der Waals surface area contributed by atoms with E-state index in [2.05, 4.69) is 0 Å². The third-order valence-electron chi connectivity index (χ3n) is 3.00. The van der Waals surface area contributed by atoms with Crippen LogP contribution in [0.2, 0.25) is 0 Å². The molecular weight excluding hydrogens is 252 g/mol. The number of hydrogen-bond donors (Lipinski definition) is 0. The molecule has 0 aliphatic heterocycles. The molecule has 0 fully saturated rings. The van der Waals surface area contributed by atoms with Gasteiger partial charge in [0.05, 0.1) is 6.61 Å². The summed E-state index contributed by atoms with van der Waals surface area (Å²) in [6, 6.07) is 15.4. The molecule has 0 amide bonds. The SMILES string of the molecule is COCc1cc(C(C)=O)ccc1OCc1ccccc1. The second-order valence-corrected chi connectivity index (χ2v) is 4.59. The second-order valence-electron chi connectivity index (χ2n) is 4.59. The number of ketones is 1. The van der Waals surface area contributed by atoms with Crippen LogP contribution in [0.25, 0.3) is 0 Å². The van der Waals surface area contributed by atoms with E-state index in [0.717, 1.165) is 16.9 Å². The fraction of sp³-hybridized carbons (Fsp3) is 0.235. The fourth-order valence-corrected chi connectivity index (χ4v) is 1.94. The molecule has 0 unspecified atom stereocenters. The van der Waals surface area contributed by atoms with E-state index in [1.807, 2.05) is 42.5 Å². The van der Waals surface area contributed by atoms with Crippen molar-refractivity contribution in [2.45, 2.75) is 20.1 Å². The van der Waals surface area contributed by atoms with Crippen molar-refractivity contribution >= 4 is 5.78 Å². The maximum Gasteiger partial charge on any atom is 0.159 e. The van der Waals surface area contributed by atoms with Gasteiger partial charge in [0.1, 0.15) is 12.4 Å². The van der Waals surface area contributed by atoms with E-state index >= 15 is 0 Å². The normalized spacial score (nSPS) is 10.3. The number of hydrogen-bond acceptors (Lipinski definition) is 3. The second kappa shape index (κ2) is 6.87. The van der Waals surface area contributed by atoms with Gasteiger partial charge in [-0.3, -0.25) is 4.79 Å². The third-order valence-corrected chi connectivity index (χ3v) is 3.00. The predicted molar refractivity (Wildman–Crippen MR) is 77.9 cm³/mol. The van der Waals surface area contributed by atoms with E-state index in [4.69, 9.17) is 9.47 Å². The van der Waals surface area contributed by atoms with Crippen LogP contribution in [-0.2, 0) is 18.0 Å². The molecule has 0 saturated heterocycles. The van der Waals surface area contributed by atoms with Crippen molar-refractivity contribution in [1.29, 1.82) is 0 Å². The van der Waals surface area contributed by atoms with Gasteiger partial charge < -0.3 is 9.47 Å². The lowest BCUT2D eigenvalue weighted by Gasteiger charge is -2.12. The molecule has 2 rings (SSSR count). The smallest absolute Gasteiger partial charge is 0.159 e. The van der Waals surface area contributed by atoms with E-state index in [9.17, 15) is 4.79 Å². The Morgan fingerprint density at radius 3 is 2.45 bits per heavy atom. The molecule has 3 heteroatoms. The van der Waals surface area contributed by atoms with Crippen molar-refractivity contribution in [3.05, 3.63) is 65.2 Å². The molecule has 0 saturated carbocycles. The number of rotatable bonds is 6. The van der Waals surface area contributed by atoms with Gasteiger partial charge in [-0.1, -0.05) is 30.3 Å². The molecule has 0 aromatic heterocycles. The first-order valence-electron chi connectivity index (χ1n) is 6.50. The largest absolute Gasteiger partial charge is 0.489 e. The van der Waals surface area contributed by atoms with Crippen molar-refractivity contribution in [2.24, 2.45) is 0 Å². The summed E-state index contributed by atoms with van der Waals surface area (Å²) in [5, 5.41) is 0. The van der Waals surface area contributed by atoms with Crippen LogP contribution in [0.3, 0.4) is 0 Å². The number of carbonyl (C=O) groups excluding carboxylic acids is 1. The minimum atomic E-state index is 0.0389. The number of Topliss-reactive ketones (excluding diaryl/α,β-unsaturated/α-hetero) is 1. The van der Waals surface area contributed by atoms with Crippen LogP contribution in [0.4, 0.5) is 0 Å². The van der Waals surface area contributed by atoms with Gasteiger partial charge in [0.15, 0.2) is 5.78 Å². The summed E-state index contributed by atoms with van der Waals surface area (Å²) in [7, 11) is 1.63. The first-order chi connectivity index (χ1) is 9.70. The first kappa shape index (κ1) is 14.3. The van der Waals surface area contributed by atoms with E-state index in [1.54, 1.807) is 20.1 Å². The van der Waals surface area contributed by atoms with Crippen LogP contribution in [0, 0.1) is 0 Å². The maximum atomic E-state index is 11.4. The molecule has 104 valence electrons. The highest BCUT2D eigenvalue weighted by atomic mass is 16.5. The topological polar surface area (TPSA) is 35.5 Å². The Kier molecular flexibility index (Phi) is 4.91. The van der Waals surface area contributed by atoms with E-state index in [1.165, 1.54) is 0 Å². The standard InChI is InChI=1S/C17H18O3/c1-13(18)15-8-9-17(16(10-15)12-19-2)20-11-14-6-4-3-5-7-14/h3-10H,11-12H2,1-2H3. The lowest BCUT2D eigenvalue weighted by Crippen LogP contribution is -2.02. The summed E-state index contributed by atoms with van der Waals surface area (Å²) >= 11 is 0. The maximum absolute atomic E-state index is 11.4. The molecule has 0 aliphatic rings. The molecule has 0 bridgehead atoms. The number of benzene rings is 2. The molecule has 3 nitrogen and oxygen atoms in total. The van der Waals surface area contributed by atoms with Gasteiger partial charge >= 0.3 is 0 Å². The fourth-order valence-electron chi connectivity index (χ4n) is 1.94. The van der Waals surface area contributed by atoms with Crippen LogP contribution in [0.1, 0.15) is 28.4 Å². The van der Waals surface area contributed by atoms with Gasteiger partial charge in [0.2, 0.25) is 0 Å². The quantitative estimate of drug-likeness (QED) is 0.752. The van der Waals surface area contributed by atoms with Crippen LogP contribution >= 0.6 is 0 Å². The van der Waals surface area contributed by atoms with Crippen LogP contribution in [0.5, 0.6) is 5.75 Å². The van der Waals surface area contributed by atoms with Crippen molar-refractivity contribution in [3.63, 3.8) is 0 Å². The van der Waals surface area contributed by atoms with E-state index < -0.39 is 0 Å². The lowest BCUT2D eigenvalue weighted by molar-refractivity contribution is 0.101. The molecule has 20 heavy (non-hydrogen) atoms. The van der Waals surface area contributed by atoms with Gasteiger partial charge in [0.25, 0.3) is 0 Å². The molecule has 0 spiro atoms. The first-order valence-corrected chi connectivity index (χ1v) is 6.50. The summed E-state index contributed by atoms with van der Waals surface area (Å²) in [6.45, 7) is 2.47. The van der Waals surface area contributed by atoms with Gasteiger partial charge in [-0.05, 0) is 30.7 Å². The van der Waals surface area contributed by atoms with Gasteiger partial charge in [-0.25, -0.2) is 0 Å². The summed E-state index contributed by atoms with van der Waals surface area (Å²) in [5.41, 5.74) is 2.66. The molecule has 2 aromatic rings. The Morgan fingerprint density at radius 2 is 1.80 bits per heavy atom. The van der Waals surface area contributed by atoms with Crippen molar-refractivity contribution in [2.75, 3.05) is 7.11 Å². The summed E-state index contributed by atoms with van der Waals surface area (Å²) < 4.78 is 11.0. The van der Waals surface area contributed by atoms with E-state index in [0.29, 0.717) is 18.8 Å². The highest BCUT2D eigenvalue weighted by molar-refractivity contribution is 5.94. The molecule has 0 N–H and O–H groups in total. The minimum absolute atomic E-state index is 0.0389.